The molecule has 54 valence electrons. The van der Waals surface area contributed by atoms with Gasteiger partial charge in [0, 0.05) is 5.88 Å². The zero-order valence-electron chi connectivity index (χ0n) is 5.73. The van der Waals surface area contributed by atoms with Gasteiger partial charge in [0.15, 0.2) is 0 Å². The fourth-order valence-electron chi connectivity index (χ4n) is 0.587. The molecule has 0 spiro atoms. The zero-order valence-corrected chi connectivity index (χ0v) is 6.49. The highest BCUT2D eigenvalue weighted by atomic mass is 35.5. The maximum Gasteiger partial charge on any atom is 0.0833 e. The van der Waals surface area contributed by atoms with Crippen LogP contribution in [0.1, 0.15) is 19.8 Å². The maximum absolute atomic E-state index is 9.43. The molecule has 0 aromatic heterocycles. The highest BCUT2D eigenvalue weighted by Gasteiger charge is 2.18. The van der Waals surface area contributed by atoms with Crippen LogP contribution in [0.4, 0.5) is 0 Å². The Labute approximate surface area is 61.3 Å². The number of hydrogen-bond acceptors (Lipinski definition) is 1. The molecule has 0 aliphatic heterocycles. The maximum atomic E-state index is 9.43. The van der Waals surface area contributed by atoms with Crippen molar-refractivity contribution in [2.75, 3.05) is 5.88 Å². The Morgan fingerprint density at radius 3 is 2.44 bits per heavy atom. The molecule has 0 amide bonds. The summed E-state index contributed by atoms with van der Waals surface area (Å²) in [6.45, 7) is 5.42. The molecular weight excluding hydrogens is 136 g/mol. The Bertz CT molecular complexity index is 92.9. The summed E-state index contributed by atoms with van der Waals surface area (Å²) < 4.78 is 0. The second kappa shape index (κ2) is 3.91. The van der Waals surface area contributed by atoms with E-state index >= 15 is 0 Å². The minimum absolute atomic E-state index is 0.483. The van der Waals surface area contributed by atoms with Gasteiger partial charge in [0.2, 0.25) is 0 Å². The number of halogens is 1. The summed E-state index contributed by atoms with van der Waals surface area (Å²) in [4.78, 5) is 0. The van der Waals surface area contributed by atoms with E-state index in [1.807, 2.05) is 6.92 Å². The average molecular weight is 149 g/mol. The SMILES string of the molecule is C=CC(O)(CC)CCCl. The molecule has 2 heteroatoms. The first-order chi connectivity index (χ1) is 4.18. The third-order valence-electron chi connectivity index (χ3n) is 1.52. The van der Waals surface area contributed by atoms with Crippen molar-refractivity contribution in [1.82, 2.24) is 0 Å². The molecule has 0 bridgehead atoms. The van der Waals surface area contributed by atoms with Crippen LogP contribution in [-0.4, -0.2) is 16.6 Å². The van der Waals surface area contributed by atoms with Crippen LogP contribution in [0.3, 0.4) is 0 Å². The molecule has 0 aliphatic carbocycles. The molecule has 0 heterocycles. The quantitative estimate of drug-likeness (QED) is 0.477. The van der Waals surface area contributed by atoms with Gasteiger partial charge in [0.05, 0.1) is 5.60 Å². The third kappa shape index (κ3) is 2.87. The monoisotopic (exact) mass is 148 g/mol. The third-order valence-corrected chi connectivity index (χ3v) is 1.71. The van der Waals surface area contributed by atoms with Gasteiger partial charge in [-0.3, -0.25) is 0 Å². The van der Waals surface area contributed by atoms with E-state index in [2.05, 4.69) is 6.58 Å². The van der Waals surface area contributed by atoms with E-state index in [1.165, 1.54) is 0 Å². The minimum atomic E-state index is -0.734. The van der Waals surface area contributed by atoms with Crippen molar-refractivity contribution >= 4 is 11.6 Å². The van der Waals surface area contributed by atoms with Crippen molar-refractivity contribution in [2.45, 2.75) is 25.4 Å². The van der Waals surface area contributed by atoms with Gasteiger partial charge >= 0.3 is 0 Å². The molecule has 1 nitrogen and oxygen atoms in total. The summed E-state index contributed by atoms with van der Waals surface area (Å²) in [5.74, 6) is 0.483. The summed E-state index contributed by atoms with van der Waals surface area (Å²) in [5, 5.41) is 9.43. The molecule has 0 aromatic rings. The first-order valence-corrected chi connectivity index (χ1v) is 3.64. The van der Waals surface area contributed by atoms with E-state index < -0.39 is 5.60 Å². The van der Waals surface area contributed by atoms with Gasteiger partial charge in [0.25, 0.3) is 0 Å². The smallest absolute Gasteiger partial charge is 0.0833 e. The van der Waals surface area contributed by atoms with Gasteiger partial charge in [-0.15, -0.1) is 18.2 Å². The summed E-state index contributed by atoms with van der Waals surface area (Å²) in [5.41, 5.74) is -0.734. The van der Waals surface area contributed by atoms with Crippen molar-refractivity contribution in [3.63, 3.8) is 0 Å². The first-order valence-electron chi connectivity index (χ1n) is 3.10. The van der Waals surface area contributed by atoms with Crippen LogP contribution in [0.25, 0.3) is 0 Å². The van der Waals surface area contributed by atoms with Crippen molar-refractivity contribution in [2.24, 2.45) is 0 Å². The lowest BCUT2D eigenvalue weighted by Crippen LogP contribution is -2.24. The molecule has 1 N–H and O–H groups in total. The normalized spacial score (nSPS) is 16.8. The van der Waals surface area contributed by atoms with E-state index in [0.717, 1.165) is 0 Å². The first kappa shape index (κ1) is 8.99. The van der Waals surface area contributed by atoms with Crippen LogP contribution in [0.5, 0.6) is 0 Å². The van der Waals surface area contributed by atoms with Crippen LogP contribution in [-0.2, 0) is 0 Å². The van der Waals surface area contributed by atoms with Gasteiger partial charge < -0.3 is 5.11 Å². The van der Waals surface area contributed by atoms with E-state index in [1.54, 1.807) is 6.08 Å². The molecule has 1 atom stereocenters. The zero-order chi connectivity index (χ0) is 7.33. The van der Waals surface area contributed by atoms with Gasteiger partial charge in [-0.1, -0.05) is 13.0 Å². The second-order valence-corrected chi connectivity index (χ2v) is 2.48. The van der Waals surface area contributed by atoms with Gasteiger partial charge in [-0.25, -0.2) is 0 Å². The number of rotatable bonds is 4. The van der Waals surface area contributed by atoms with E-state index in [9.17, 15) is 5.11 Å². The Kier molecular flexibility index (Phi) is 3.91. The molecule has 0 aliphatic rings. The highest BCUT2D eigenvalue weighted by molar-refractivity contribution is 6.17. The van der Waals surface area contributed by atoms with Gasteiger partial charge in [-0.05, 0) is 12.8 Å². The van der Waals surface area contributed by atoms with Crippen LogP contribution < -0.4 is 0 Å². The second-order valence-electron chi connectivity index (χ2n) is 2.10. The summed E-state index contributed by atoms with van der Waals surface area (Å²) in [6, 6.07) is 0. The highest BCUT2D eigenvalue weighted by Crippen LogP contribution is 2.16. The molecule has 0 fully saturated rings. The van der Waals surface area contributed by atoms with Crippen LogP contribution >= 0.6 is 11.6 Å². The largest absolute Gasteiger partial charge is 0.386 e. The molecule has 0 saturated heterocycles. The van der Waals surface area contributed by atoms with Crippen molar-refractivity contribution in [1.29, 1.82) is 0 Å². The molecule has 0 radical (unpaired) electrons. The Morgan fingerprint density at radius 1 is 1.78 bits per heavy atom. The molecule has 0 saturated carbocycles. The lowest BCUT2D eigenvalue weighted by molar-refractivity contribution is 0.0841. The number of aliphatic hydroxyl groups is 1. The number of alkyl halides is 1. The fourth-order valence-corrected chi connectivity index (χ4v) is 0.914. The topological polar surface area (TPSA) is 20.2 Å². The predicted molar refractivity (Wildman–Crippen MR) is 40.8 cm³/mol. The lowest BCUT2D eigenvalue weighted by Gasteiger charge is -2.20. The van der Waals surface area contributed by atoms with Gasteiger partial charge in [-0.2, -0.15) is 0 Å². The Hall–Kier alpha value is -0.0100. The predicted octanol–water partition coefficient (Wildman–Crippen LogP) is 1.94. The molecule has 9 heavy (non-hydrogen) atoms. The molecule has 0 aromatic carbocycles. The van der Waals surface area contributed by atoms with E-state index in [0.29, 0.717) is 18.7 Å². The van der Waals surface area contributed by atoms with E-state index in [4.69, 9.17) is 11.6 Å². The van der Waals surface area contributed by atoms with Gasteiger partial charge in [0.1, 0.15) is 0 Å². The van der Waals surface area contributed by atoms with Crippen molar-refractivity contribution < 1.29 is 5.11 Å². The molecular formula is C7H13ClO. The lowest BCUT2D eigenvalue weighted by atomic mass is 9.98. The van der Waals surface area contributed by atoms with Crippen LogP contribution in [0.15, 0.2) is 12.7 Å². The molecule has 1 unspecified atom stereocenters. The average Bonchev–Trinajstić information content (AvgIpc) is 1.89. The number of hydrogen-bond donors (Lipinski definition) is 1. The standard InChI is InChI=1S/C7H13ClO/c1-3-7(9,4-2)5-6-8/h3,9H,1,4-6H2,2H3. The fraction of sp³-hybridized carbons (Fsp3) is 0.714. The summed E-state index contributed by atoms with van der Waals surface area (Å²) in [6.07, 6.45) is 2.83. The van der Waals surface area contributed by atoms with Crippen molar-refractivity contribution in [3.8, 4) is 0 Å². The molecule has 0 rings (SSSR count). The Morgan fingerprint density at radius 2 is 2.33 bits per heavy atom. The van der Waals surface area contributed by atoms with Crippen molar-refractivity contribution in [3.05, 3.63) is 12.7 Å². The summed E-state index contributed by atoms with van der Waals surface area (Å²) >= 11 is 5.44. The van der Waals surface area contributed by atoms with Crippen LogP contribution in [0, 0.1) is 0 Å². The Balaban J connectivity index is 3.76. The van der Waals surface area contributed by atoms with Crippen LogP contribution in [0.2, 0.25) is 0 Å². The summed E-state index contributed by atoms with van der Waals surface area (Å²) in [7, 11) is 0. The van der Waals surface area contributed by atoms with E-state index in [-0.39, 0.29) is 0 Å². The minimum Gasteiger partial charge on any atom is -0.386 e.